The number of carbonyl (C=O) groups is 1. The lowest BCUT2D eigenvalue weighted by Crippen LogP contribution is -2.27. The van der Waals surface area contributed by atoms with E-state index < -0.39 is 0 Å². The monoisotopic (exact) mass is 332 g/mol. The first-order valence-corrected chi connectivity index (χ1v) is 8.07. The number of nitrogens with one attached hydrogen (secondary N) is 1. The normalized spacial score (nSPS) is 10.3. The highest BCUT2D eigenvalue weighted by atomic mass is 16.2. The van der Waals surface area contributed by atoms with Gasteiger partial charge in [0.1, 0.15) is 11.5 Å². The van der Waals surface area contributed by atoms with Gasteiger partial charge in [0.25, 0.3) is 5.91 Å². The summed E-state index contributed by atoms with van der Waals surface area (Å²) >= 11 is 0. The van der Waals surface area contributed by atoms with Crippen LogP contribution < -0.4 is 5.32 Å². The minimum absolute atomic E-state index is 0.154. The fraction of sp³-hybridized carbons (Fsp3) is 0.150. The fourth-order valence-electron chi connectivity index (χ4n) is 2.50. The van der Waals surface area contributed by atoms with Gasteiger partial charge in [0, 0.05) is 19.3 Å². The van der Waals surface area contributed by atoms with E-state index in [4.69, 9.17) is 0 Å². The maximum atomic E-state index is 12.5. The van der Waals surface area contributed by atoms with E-state index in [0.717, 1.165) is 16.8 Å². The van der Waals surface area contributed by atoms with Gasteiger partial charge in [-0.15, -0.1) is 0 Å². The standard InChI is InChI=1S/C20H20N4O/c1-15-7-6-10-17(11-15)23-19-13-21-18(12-22-19)20(25)24(2)14-16-8-4-3-5-9-16/h3-13H,14H2,1-2H3,(H,22,23). The predicted octanol–water partition coefficient (Wildman–Crippen LogP) is 3.80. The molecule has 3 rings (SSSR count). The second-order valence-electron chi connectivity index (χ2n) is 5.93. The van der Waals surface area contributed by atoms with E-state index in [1.807, 2.05) is 61.5 Å². The molecule has 1 amide bonds. The van der Waals surface area contributed by atoms with Crippen LogP contribution >= 0.6 is 0 Å². The lowest BCUT2D eigenvalue weighted by Gasteiger charge is -2.16. The molecule has 0 unspecified atom stereocenters. The van der Waals surface area contributed by atoms with Crippen molar-refractivity contribution >= 4 is 17.4 Å². The van der Waals surface area contributed by atoms with Crippen LogP contribution in [0.3, 0.4) is 0 Å². The van der Waals surface area contributed by atoms with Crippen LogP contribution in [0.1, 0.15) is 21.6 Å². The Labute approximate surface area is 147 Å². The molecule has 0 fully saturated rings. The number of nitrogens with zero attached hydrogens (tertiary/aromatic N) is 3. The third-order valence-corrected chi connectivity index (χ3v) is 3.77. The Morgan fingerprint density at radius 2 is 1.84 bits per heavy atom. The predicted molar refractivity (Wildman–Crippen MR) is 98.7 cm³/mol. The van der Waals surface area contributed by atoms with Crippen LogP contribution in [-0.2, 0) is 6.54 Å². The zero-order valence-electron chi connectivity index (χ0n) is 14.3. The molecule has 5 nitrogen and oxygen atoms in total. The second-order valence-corrected chi connectivity index (χ2v) is 5.93. The number of hydrogen-bond acceptors (Lipinski definition) is 4. The molecule has 25 heavy (non-hydrogen) atoms. The Bertz CT molecular complexity index is 847. The number of aromatic nitrogens is 2. The van der Waals surface area contributed by atoms with Gasteiger partial charge in [0.2, 0.25) is 0 Å². The number of benzene rings is 2. The Balaban J connectivity index is 1.66. The summed E-state index contributed by atoms with van der Waals surface area (Å²) < 4.78 is 0. The minimum Gasteiger partial charge on any atom is -0.339 e. The number of amides is 1. The Hall–Kier alpha value is -3.21. The van der Waals surface area contributed by atoms with Crippen molar-refractivity contribution in [1.29, 1.82) is 0 Å². The van der Waals surface area contributed by atoms with Gasteiger partial charge in [-0.2, -0.15) is 0 Å². The van der Waals surface area contributed by atoms with Crippen molar-refractivity contribution in [2.75, 3.05) is 12.4 Å². The molecule has 3 aromatic rings. The molecule has 0 saturated heterocycles. The molecule has 1 aromatic heterocycles. The number of rotatable bonds is 5. The van der Waals surface area contributed by atoms with E-state index in [2.05, 4.69) is 15.3 Å². The quantitative estimate of drug-likeness (QED) is 0.772. The van der Waals surface area contributed by atoms with Crippen LogP contribution in [-0.4, -0.2) is 27.8 Å². The second kappa shape index (κ2) is 7.57. The van der Waals surface area contributed by atoms with Crippen LogP contribution in [0.4, 0.5) is 11.5 Å². The van der Waals surface area contributed by atoms with Crippen LogP contribution in [0.2, 0.25) is 0 Å². The molecule has 0 saturated carbocycles. The first kappa shape index (κ1) is 16.6. The van der Waals surface area contributed by atoms with Crippen molar-refractivity contribution in [2.24, 2.45) is 0 Å². The summed E-state index contributed by atoms with van der Waals surface area (Å²) in [6.07, 6.45) is 3.08. The summed E-state index contributed by atoms with van der Waals surface area (Å²) in [6, 6.07) is 17.8. The molecule has 0 bridgehead atoms. The van der Waals surface area contributed by atoms with Gasteiger partial charge in [-0.25, -0.2) is 9.97 Å². The summed E-state index contributed by atoms with van der Waals surface area (Å²) in [5.41, 5.74) is 3.50. The SMILES string of the molecule is Cc1cccc(Nc2cnc(C(=O)N(C)Cc3ccccc3)cn2)c1. The summed E-state index contributed by atoms with van der Waals surface area (Å²) in [6.45, 7) is 2.56. The molecular weight excluding hydrogens is 312 g/mol. The van der Waals surface area contributed by atoms with Crippen molar-refractivity contribution in [1.82, 2.24) is 14.9 Å². The molecule has 0 radical (unpaired) electrons. The van der Waals surface area contributed by atoms with E-state index in [9.17, 15) is 4.79 Å². The fourth-order valence-corrected chi connectivity index (χ4v) is 2.50. The average Bonchev–Trinajstić information content (AvgIpc) is 2.62. The summed E-state index contributed by atoms with van der Waals surface area (Å²) in [7, 11) is 1.76. The zero-order valence-corrected chi connectivity index (χ0v) is 14.3. The third-order valence-electron chi connectivity index (χ3n) is 3.77. The molecule has 2 aromatic carbocycles. The first-order chi connectivity index (χ1) is 12.1. The van der Waals surface area contributed by atoms with Gasteiger partial charge in [-0.3, -0.25) is 4.79 Å². The van der Waals surface area contributed by atoms with E-state index >= 15 is 0 Å². The van der Waals surface area contributed by atoms with Gasteiger partial charge in [0.15, 0.2) is 0 Å². The van der Waals surface area contributed by atoms with Gasteiger partial charge in [0.05, 0.1) is 12.4 Å². The highest BCUT2D eigenvalue weighted by Crippen LogP contribution is 2.15. The highest BCUT2D eigenvalue weighted by molar-refractivity contribution is 5.91. The smallest absolute Gasteiger partial charge is 0.274 e. The lowest BCUT2D eigenvalue weighted by molar-refractivity contribution is 0.0779. The number of aryl methyl sites for hydroxylation is 1. The molecule has 1 N–H and O–H groups in total. The molecule has 0 atom stereocenters. The van der Waals surface area contributed by atoms with E-state index in [1.165, 1.54) is 6.20 Å². The first-order valence-electron chi connectivity index (χ1n) is 8.07. The van der Waals surface area contributed by atoms with Crippen LogP contribution in [0.25, 0.3) is 0 Å². The Kier molecular flexibility index (Phi) is 5.04. The van der Waals surface area contributed by atoms with Gasteiger partial charge in [-0.05, 0) is 30.2 Å². The average molecular weight is 332 g/mol. The van der Waals surface area contributed by atoms with E-state index in [1.54, 1.807) is 18.1 Å². The van der Waals surface area contributed by atoms with E-state index in [-0.39, 0.29) is 5.91 Å². The van der Waals surface area contributed by atoms with Crippen LogP contribution in [0, 0.1) is 6.92 Å². The van der Waals surface area contributed by atoms with Crippen molar-refractivity contribution in [3.8, 4) is 0 Å². The third kappa shape index (κ3) is 4.41. The number of anilines is 2. The minimum atomic E-state index is -0.154. The molecule has 0 aliphatic carbocycles. The van der Waals surface area contributed by atoms with Crippen molar-refractivity contribution < 1.29 is 4.79 Å². The summed E-state index contributed by atoms with van der Waals surface area (Å²) in [5, 5.41) is 3.18. The van der Waals surface area contributed by atoms with Gasteiger partial charge < -0.3 is 10.2 Å². The van der Waals surface area contributed by atoms with Crippen LogP contribution in [0.5, 0.6) is 0 Å². The molecule has 0 aliphatic heterocycles. The number of carbonyl (C=O) groups excluding carboxylic acids is 1. The van der Waals surface area contributed by atoms with Gasteiger partial charge >= 0.3 is 0 Å². The molecule has 0 spiro atoms. The maximum Gasteiger partial charge on any atom is 0.274 e. The van der Waals surface area contributed by atoms with Crippen LogP contribution in [0.15, 0.2) is 67.0 Å². The van der Waals surface area contributed by atoms with E-state index in [0.29, 0.717) is 18.1 Å². The Morgan fingerprint density at radius 1 is 1.04 bits per heavy atom. The topological polar surface area (TPSA) is 58.1 Å². The molecular formula is C20H20N4O. The molecule has 1 heterocycles. The highest BCUT2D eigenvalue weighted by Gasteiger charge is 2.14. The summed E-state index contributed by atoms with van der Waals surface area (Å²) in [4.78, 5) is 22.6. The van der Waals surface area contributed by atoms with Crippen molar-refractivity contribution in [3.63, 3.8) is 0 Å². The van der Waals surface area contributed by atoms with Crippen molar-refractivity contribution in [3.05, 3.63) is 83.8 Å². The molecule has 0 aliphatic rings. The number of hydrogen-bond donors (Lipinski definition) is 1. The zero-order chi connectivity index (χ0) is 17.6. The largest absolute Gasteiger partial charge is 0.339 e. The maximum absolute atomic E-state index is 12.5. The Morgan fingerprint density at radius 3 is 2.52 bits per heavy atom. The molecule has 126 valence electrons. The van der Waals surface area contributed by atoms with Gasteiger partial charge in [-0.1, -0.05) is 42.5 Å². The summed E-state index contributed by atoms with van der Waals surface area (Å²) in [5.74, 6) is 0.450. The van der Waals surface area contributed by atoms with Crippen molar-refractivity contribution in [2.45, 2.75) is 13.5 Å². The lowest BCUT2D eigenvalue weighted by atomic mass is 10.2. The molecule has 5 heteroatoms.